The Bertz CT molecular complexity index is 1040. The summed E-state index contributed by atoms with van der Waals surface area (Å²) in [5.74, 6) is -0.501. The van der Waals surface area contributed by atoms with Crippen molar-refractivity contribution in [2.45, 2.75) is 38.1 Å². The molecule has 0 saturated carbocycles. The lowest BCUT2D eigenvalue weighted by Gasteiger charge is -2.23. The second kappa shape index (κ2) is 8.62. The first kappa shape index (κ1) is 19.4. The standard InChI is InChI=1S/C24H26FN3O/c25-19-6-1-16(2-7-19)11-12-27-20-8-4-18(5-9-20)22-15-28-23-10-3-17(13-21(22)23)14-24(26)29/h1-4,6-7,10,13,15,20,27-28H,5,8-9,11-12,14H2,(H2,26,29). The third-order valence-corrected chi connectivity index (χ3v) is 5.64. The Balaban J connectivity index is 1.38. The number of hydrogen-bond donors (Lipinski definition) is 3. The van der Waals surface area contributed by atoms with Crippen LogP contribution < -0.4 is 11.1 Å². The molecule has 4 N–H and O–H groups in total. The van der Waals surface area contributed by atoms with Crippen molar-refractivity contribution >= 4 is 22.4 Å². The minimum atomic E-state index is -0.312. The van der Waals surface area contributed by atoms with Gasteiger partial charge in [-0.2, -0.15) is 0 Å². The van der Waals surface area contributed by atoms with Gasteiger partial charge >= 0.3 is 0 Å². The molecule has 2 aromatic carbocycles. The number of aromatic amines is 1. The van der Waals surface area contributed by atoms with Crippen LogP contribution in [0.3, 0.4) is 0 Å². The van der Waals surface area contributed by atoms with E-state index < -0.39 is 0 Å². The van der Waals surface area contributed by atoms with Crippen molar-refractivity contribution in [1.29, 1.82) is 0 Å². The zero-order valence-corrected chi connectivity index (χ0v) is 16.4. The Morgan fingerprint density at radius 3 is 2.69 bits per heavy atom. The Hall–Kier alpha value is -2.92. The molecule has 0 bridgehead atoms. The monoisotopic (exact) mass is 391 g/mol. The van der Waals surface area contributed by atoms with E-state index in [0.717, 1.165) is 54.3 Å². The Labute approximate surface area is 170 Å². The first-order chi connectivity index (χ1) is 14.1. The number of hydrogen-bond acceptors (Lipinski definition) is 2. The molecule has 0 fully saturated rings. The lowest BCUT2D eigenvalue weighted by Crippen LogP contribution is -2.31. The van der Waals surface area contributed by atoms with Crippen molar-refractivity contribution in [1.82, 2.24) is 10.3 Å². The number of benzene rings is 2. The van der Waals surface area contributed by atoms with Gasteiger partial charge in [-0.25, -0.2) is 4.39 Å². The van der Waals surface area contributed by atoms with E-state index in [9.17, 15) is 9.18 Å². The van der Waals surface area contributed by atoms with Crippen molar-refractivity contribution in [3.63, 3.8) is 0 Å². The molecular weight excluding hydrogens is 365 g/mol. The summed E-state index contributed by atoms with van der Waals surface area (Å²) in [7, 11) is 0. The van der Waals surface area contributed by atoms with Crippen molar-refractivity contribution in [2.24, 2.45) is 5.73 Å². The maximum Gasteiger partial charge on any atom is 0.221 e. The van der Waals surface area contributed by atoms with E-state index >= 15 is 0 Å². The molecule has 0 aliphatic heterocycles. The van der Waals surface area contributed by atoms with Gasteiger partial charge in [0.25, 0.3) is 0 Å². The highest BCUT2D eigenvalue weighted by Gasteiger charge is 2.17. The number of rotatable bonds is 7. The normalized spacial score (nSPS) is 16.7. The van der Waals surface area contributed by atoms with Crippen LogP contribution in [-0.2, 0) is 17.6 Å². The predicted molar refractivity (Wildman–Crippen MR) is 115 cm³/mol. The van der Waals surface area contributed by atoms with Crippen LogP contribution in [0.1, 0.15) is 36.0 Å². The van der Waals surface area contributed by atoms with Crippen molar-refractivity contribution in [2.75, 3.05) is 6.54 Å². The van der Waals surface area contributed by atoms with Crippen LogP contribution in [0.2, 0.25) is 0 Å². The average Bonchev–Trinajstić information content (AvgIpc) is 3.13. The molecule has 3 aromatic rings. The number of carbonyl (C=O) groups excluding carboxylic acids is 1. The molecule has 1 amide bonds. The first-order valence-electron chi connectivity index (χ1n) is 10.1. The molecular formula is C24H26FN3O. The number of nitrogens with one attached hydrogen (secondary N) is 2. The van der Waals surface area contributed by atoms with Crippen LogP contribution in [0.4, 0.5) is 4.39 Å². The quantitative estimate of drug-likeness (QED) is 0.567. The summed E-state index contributed by atoms with van der Waals surface area (Å²) in [6.07, 6.45) is 8.64. The van der Waals surface area contributed by atoms with E-state index in [4.69, 9.17) is 5.73 Å². The maximum absolute atomic E-state index is 13.0. The molecule has 150 valence electrons. The van der Waals surface area contributed by atoms with Crippen LogP contribution in [-0.4, -0.2) is 23.5 Å². The van der Waals surface area contributed by atoms with Crippen LogP contribution in [0.15, 0.2) is 54.7 Å². The Morgan fingerprint density at radius 1 is 1.17 bits per heavy atom. The molecule has 0 radical (unpaired) electrons. The molecule has 0 spiro atoms. The molecule has 4 nitrogen and oxygen atoms in total. The fourth-order valence-corrected chi connectivity index (χ4v) is 4.08. The third kappa shape index (κ3) is 4.74. The number of fused-ring (bicyclic) bond motifs is 1. The van der Waals surface area contributed by atoms with Gasteiger partial charge in [-0.15, -0.1) is 0 Å². The molecule has 4 rings (SSSR count). The van der Waals surface area contributed by atoms with Gasteiger partial charge < -0.3 is 16.0 Å². The minimum absolute atomic E-state index is 0.189. The molecule has 1 atom stereocenters. The second-order valence-electron chi connectivity index (χ2n) is 7.76. The zero-order chi connectivity index (χ0) is 20.2. The van der Waals surface area contributed by atoms with E-state index in [1.807, 2.05) is 24.3 Å². The molecule has 1 heterocycles. The number of amides is 1. The summed E-state index contributed by atoms with van der Waals surface area (Å²) < 4.78 is 13.0. The van der Waals surface area contributed by atoms with E-state index in [1.54, 1.807) is 0 Å². The SMILES string of the molecule is NC(=O)Cc1ccc2[nH]cc(C3=CCC(NCCc4ccc(F)cc4)CC3)c2c1. The summed E-state index contributed by atoms with van der Waals surface area (Å²) in [5.41, 5.74) is 11.1. The minimum Gasteiger partial charge on any atom is -0.369 e. The summed E-state index contributed by atoms with van der Waals surface area (Å²) in [6.45, 7) is 0.892. The van der Waals surface area contributed by atoms with Gasteiger partial charge in [0.05, 0.1) is 6.42 Å². The topological polar surface area (TPSA) is 70.9 Å². The van der Waals surface area contributed by atoms with E-state index in [2.05, 4.69) is 28.6 Å². The van der Waals surface area contributed by atoms with Crippen LogP contribution in [0.25, 0.3) is 16.5 Å². The number of carbonyl (C=O) groups is 1. The van der Waals surface area contributed by atoms with Gasteiger partial charge in [-0.1, -0.05) is 24.3 Å². The largest absolute Gasteiger partial charge is 0.369 e. The van der Waals surface area contributed by atoms with Crippen molar-refractivity contribution < 1.29 is 9.18 Å². The Kier molecular flexibility index (Phi) is 5.76. The summed E-state index contributed by atoms with van der Waals surface area (Å²) in [6, 6.07) is 13.2. The molecule has 1 aliphatic carbocycles. The summed E-state index contributed by atoms with van der Waals surface area (Å²) in [4.78, 5) is 14.6. The summed E-state index contributed by atoms with van der Waals surface area (Å²) >= 11 is 0. The lowest BCUT2D eigenvalue weighted by molar-refractivity contribution is -0.117. The summed E-state index contributed by atoms with van der Waals surface area (Å²) in [5, 5.41) is 4.77. The Morgan fingerprint density at radius 2 is 1.97 bits per heavy atom. The number of allylic oxidation sites excluding steroid dienone is 1. The smallest absolute Gasteiger partial charge is 0.221 e. The van der Waals surface area contributed by atoms with Crippen LogP contribution in [0, 0.1) is 5.82 Å². The highest BCUT2D eigenvalue weighted by atomic mass is 19.1. The lowest BCUT2D eigenvalue weighted by atomic mass is 9.90. The fraction of sp³-hybridized carbons (Fsp3) is 0.292. The molecule has 29 heavy (non-hydrogen) atoms. The van der Waals surface area contributed by atoms with Crippen LogP contribution >= 0.6 is 0 Å². The van der Waals surface area contributed by atoms with E-state index in [0.29, 0.717) is 6.04 Å². The van der Waals surface area contributed by atoms with Crippen LogP contribution in [0.5, 0.6) is 0 Å². The van der Waals surface area contributed by atoms with Gasteiger partial charge in [-0.05, 0) is 73.2 Å². The van der Waals surface area contributed by atoms with Crippen molar-refractivity contribution in [3.8, 4) is 0 Å². The maximum atomic E-state index is 13.0. The van der Waals surface area contributed by atoms with Gasteiger partial charge in [0.2, 0.25) is 5.91 Å². The highest BCUT2D eigenvalue weighted by molar-refractivity contribution is 5.93. The van der Waals surface area contributed by atoms with Gasteiger partial charge in [0, 0.05) is 28.7 Å². The molecule has 1 aromatic heterocycles. The molecule has 1 aliphatic rings. The highest BCUT2D eigenvalue weighted by Crippen LogP contribution is 2.32. The molecule has 0 saturated heterocycles. The zero-order valence-electron chi connectivity index (χ0n) is 16.4. The average molecular weight is 391 g/mol. The number of primary amides is 1. The third-order valence-electron chi connectivity index (χ3n) is 5.64. The fourth-order valence-electron chi connectivity index (χ4n) is 4.08. The van der Waals surface area contributed by atoms with Gasteiger partial charge in [-0.3, -0.25) is 4.79 Å². The number of halogens is 1. The predicted octanol–water partition coefficient (Wildman–Crippen LogP) is 4.10. The number of H-pyrrole nitrogens is 1. The number of aromatic nitrogens is 1. The first-order valence-corrected chi connectivity index (χ1v) is 10.1. The molecule has 5 heteroatoms. The van der Waals surface area contributed by atoms with Gasteiger partial charge in [0.1, 0.15) is 5.82 Å². The van der Waals surface area contributed by atoms with E-state index in [1.165, 1.54) is 23.3 Å². The number of nitrogens with two attached hydrogens (primary N) is 1. The second-order valence-corrected chi connectivity index (χ2v) is 7.76. The molecule has 1 unspecified atom stereocenters. The van der Waals surface area contributed by atoms with E-state index in [-0.39, 0.29) is 18.1 Å². The van der Waals surface area contributed by atoms with Gasteiger partial charge in [0.15, 0.2) is 0 Å². The van der Waals surface area contributed by atoms with Crippen molar-refractivity contribution in [3.05, 3.63) is 77.2 Å².